The molecule has 0 saturated carbocycles. The number of carbonyl (C=O) groups excluding carboxylic acids is 1. The van der Waals surface area contributed by atoms with Gasteiger partial charge >= 0.3 is 0 Å². The van der Waals surface area contributed by atoms with Crippen LogP contribution in [0.5, 0.6) is 5.75 Å². The van der Waals surface area contributed by atoms with Gasteiger partial charge in [-0.3, -0.25) is 4.79 Å². The van der Waals surface area contributed by atoms with Crippen molar-refractivity contribution in [2.24, 2.45) is 0 Å². The van der Waals surface area contributed by atoms with Gasteiger partial charge in [0.05, 0.1) is 24.1 Å². The third-order valence-electron chi connectivity index (χ3n) is 5.66. The van der Waals surface area contributed by atoms with E-state index in [2.05, 4.69) is 22.1 Å². The predicted octanol–water partition coefficient (Wildman–Crippen LogP) is 4.25. The van der Waals surface area contributed by atoms with E-state index in [0.29, 0.717) is 24.1 Å². The molecular formula is C22H25N3O2. The van der Waals surface area contributed by atoms with Crippen molar-refractivity contribution < 1.29 is 9.53 Å². The minimum Gasteiger partial charge on any atom is -0.496 e. The monoisotopic (exact) mass is 363 g/mol. The fraction of sp³-hybridized carbons (Fsp3) is 0.409. The molecule has 0 fully saturated rings. The average Bonchev–Trinajstić information content (AvgIpc) is 2.67. The molecule has 2 aliphatic carbocycles. The molecule has 0 bridgehead atoms. The highest BCUT2D eigenvalue weighted by Gasteiger charge is 2.33. The number of methoxy groups -OCH3 is 1. The molecule has 1 aromatic carbocycles. The summed E-state index contributed by atoms with van der Waals surface area (Å²) in [7, 11) is 1.70. The van der Waals surface area contributed by atoms with Crippen LogP contribution in [-0.2, 0) is 6.42 Å². The number of aryl methyl sites for hydroxylation is 1. The van der Waals surface area contributed by atoms with Crippen molar-refractivity contribution >= 4 is 17.3 Å². The van der Waals surface area contributed by atoms with Crippen molar-refractivity contribution in [1.82, 2.24) is 9.97 Å². The highest BCUT2D eigenvalue weighted by molar-refractivity contribution is 6.00. The van der Waals surface area contributed by atoms with E-state index in [-0.39, 0.29) is 17.6 Å². The van der Waals surface area contributed by atoms with Crippen molar-refractivity contribution in [2.75, 3.05) is 12.8 Å². The number of aromatic nitrogens is 2. The molecule has 0 radical (unpaired) electrons. The van der Waals surface area contributed by atoms with Crippen LogP contribution < -0.4 is 10.5 Å². The van der Waals surface area contributed by atoms with E-state index in [9.17, 15) is 4.79 Å². The van der Waals surface area contributed by atoms with Crippen LogP contribution in [0.4, 0.5) is 5.95 Å². The number of benzene rings is 1. The van der Waals surface area contributed by atoms with Crippen LogP contribution in [0.15, 0.2) is 24.3 Å². The van der Waals surface area contributed by atoms with Gasteiger partial charge in [-0.15, -0.1) is 0 Å². The van der Waals surface area contributed by atoms with Crippen LogP contribution >= 0.6 is 0 Å². The van der Waals surface area contributed by atoms with Gasteiger partial charge < -0.3 is 10.5 Å². The van der Waals surface area contributed by atoms with Gasteiger partial charge in [0.25, 0.3) is 0 Å². The van der Waals surface area contributed by atoms with Gasteiger partial charge in [-0.2, -0.15) is 0 Å². The van der Waals surface area contributed by atoms with Crippen molar-refractivity contribution in [2.45, 2.75) is 51.4 Å². The lowest BCUT2D eigenvalue weighted by Crippen LogP contribution is -2.24. The number of nitrogen functional groups attached to an aromatic ring is 1. The van der Waals surface area contributed by atoms with Crippen molar-refractivity contribution in [3.8, 4) is 5.75 Å². The lowest BCUT2D eigenvalue weighted by Gasteiger charge is -2.28. The minimum absolute atomic E-state index is 0.0349. The number of fused-ring (bicyclic) bond motifs is 1. The Morgan fingerprint density at radius 1 is 1.19 bits per heavy atom. The van der Waals surface area contributed by atoms with Crippen molar-refractivity contribution in [3.63, 3.8) is 0 Å². The van der Waals surface area contributed by atoms with E-state index in [1.165, 1.54) is 24.0 Å². The summed E-state index contributed by atoms with van der Waals surface area (Å²) in [4.78, 5) is 21.5. The molecule has 2 N–H and O–H groups in total. The van der Waals surface area contributed by atoms with E-state index in [1.807, 2.05) is 19.1 Å². The number of hydrogen-bond donors (Lipinski definition) is 1. The van der Waals surface area contributed by atoms with Crippen LogP contribution in [0.2, 0.25) is 0 Å². The third-order valence-corrected chi connectivity index (χ3v) is 5.66. The molecule has 1 atom stereocenters. The van der Waals surface area contributed by atoms with E-state index >= 15 is 0 Å². The Bertz CT molecular complexity index is 933. The zero-order chi connectivity index (χ0) is 19.0. The van der Waals surface area contributed by atoms with Crippen LogP contribution in [0.3, 0.4) is 0 Å². The zero-order valence-corrected chi connectivity index (χ0v) is 15.9. The number of anilines is 1. The summed E-state index contributed by atoms with van der Waals surface area (Å²) in [5.41, 5.74) is 11.6. The summed E-state index contributed by atoms with van der Waals surface area (Å²) in [5, 5.41) is 0. The number of hydrogen-bond acceptors (Lipinski definition) is 5. The Kier molecular flexibility index (Phi) is 4.68. The molecule has 2 aliphatic rings. The second-order valence-corrected chi connectivity index (χ2v) is 7.41. The number of carbonyl (C=O) groups is 1. The summed E-state index contributed by atoms with van der Waals surface area (Å²) in [6.45, 7) is 1.83. The Balaban J connectivity index is 1.82. The fourth-order valence-electron chi connectivity index (χ4n) is 4.51. The minimum atomic E-state index is 0.0349. The zero-order valence-electron chi connectivity index (χ0n) is 15.9. The second kappa shape index (κ2) is 7.14. The van der Waals surface area contributed by atoms with E-state index in [0.717, 1.165) is 29.8 Å². The first-order valence-corrected chi connectivity index (χ1v) is 9.61. The smallest absolute Gasteiger partial charge is 0.220 e. The second-order valence-electron chi connectivity index (χ2n) is 7.41. The topological polar surface area (TPSA) is 78.1 Å². The lowest BCUT2D eigenvalue weighted by atomic mass is 9.77. The average molecular weight is 363 g/mol. The molecule has 1 aromatic heterocycles. The molecule has 2 aromatic rings. The highest BCUT2D eigenvalue weighted by atomic mass is 16.5. The summed E-state index contributed by atoms with van der Waals surface area (Å²) in [6, 6.07) is 6.19. The molecule has 140 valence electrons. The molecule has 1 heterocycles. The number of rotatable bonds is 3. The molecule has 0 saturated heterocycles. The molecule has 5 nitrogen and oxygen atoms in total. The lowest BCUT2D eigenvalue weighted by molar-refractivity contribution is 0.0961. The fourth-order valence-corrected chi connectivity index (χ4v) is 4.51. The first kappa shape index (κ1) is 17.7. The summed E-state index contributed by atoms with van der Waals surface area (Å²) in [5.74, 6) is 1.20. The Morgan fingerprint density at radius 2 is 2.04 bits per heavy atom. The van der Waals surface area contributed by atoms with Crippen LogP contribution in [-0.4, -0.2) is 22.9 Å². The molecule has 0 aliphatic heterocycles. The van der Waals surface area contributed by atoms with Gasteiger partial charge in [-0.1, -0.05) is 18.2 Å². The van der Waals surface area contributed by atoms with Gasteiger partial charge in [0.2, 0.25) is 5.95 Å². The van der Waals surface area contributed by atoms with Gasteiger partial charge in [0.1, 0.15) is 5.75 Å². The predicted molar refractivity (Wildman–Crippen MR) is 106 cm³/mol. The normalized spacial score (nSPS) is 19.4. The largest absolute Gasteiger partial charge is 0.496 e. The Hall–Kier alpha value is -2.69. The maximum atomic E-state index is 12.9. The Labute approximate surface area is 159 Å². The molecule has 4 rings (SSSR count). The molecule has 0 amide bonds. The van der Waals surface area contributed by atoms with E-state index in [1.54, 1.807) is 7.11 Å². The molecule has 0 spiro atoms. The standard InChI is InChI=1S/C22H25N3O2/c1-13-20-17(25-22(23)24-13)11-15(12-18(20)26)21-16(9-6-10-19(21)27-2)14-7-4-3-5-8-14/h6-7,9-10,15H,3-5,8,11-12H2,1-2H3,(H2,23,24,25). The molecule has 27 heavy (non-hydrogen) atoms. The van der Waals surface area contributed by atoms with Crippen molar-refractivity contribution in [1.29, 1.82) is 0 Å². The van der Waals surface area contributed by atoms with Gasteiger partial charge in [0.15, 0.2) is 5.78 Å². The SMILES string of the molecule is COc1cccc(C2=CCCCC2)c1C1CC(=O)c2c(C)nc(N)nc2C1. The molecule has 5 heteroatoms. The van der Waals surface area contributed by atoms with Crippen LogP contribution in [0.25, 0.3) is 5.57 Å². The van der Waals surface area contributed by atoms with E-state index in [4.69, 9.17) is 10.5 Å². The van der Waals surface area contributed by atoms with Crippen LogP contribution in [0, 0.1) is 6.92 Å². The first-order chi connectivity index (χ1) is 13.1. The number of allylic oxidation sites excluding steroid dienone is 2. The Morgan fingerprint density at radius 3 is 2.78 bits per heavy atom. The number of ether oxygens (including phenoxy) is 1. The molecular weight excluding hydrogens is 338 g/mol. The number of ketones is 1. The van der Waals surface area contributed by atoms with Crippen LogP contribution in [0.1, 0.15) is 70.9 Å². The molecule has 1 unspecified atom stereocenters. The van der Waals surface area contributed by atoms with Gasteiger partial charge in [-0.05, 0) is 56.2 Å². The number of Topliss-reactive ketones (excluding diaryl/α,β-unsaturated/α-hetero) is 1. The van der Waals surface area contributed by atoms with Crippen molar-refractivity contribution in [3.05, 3.63) is 52.4 Å². The first-order valence-electron chi connectivity index (χ1n) is 9.61. The third kappa shape index (κ3) is 3.22. The maximum Gasteiger partial charge on any atom is 0.220 e. The van der Waals surface area contributed by atoms with Gasteiger partial charge in [0, 0.05) is 17.9 Å². The summed E-state index contributed by atoms with van der Waals surface area (Å²) in [6.07, 6.45) is 8.10. The number of nitrogens with two attached hydrogens (primary N) is 1. The number of nitrogens with zero attached hydrogens (tertiary/aromatic N) is 2. The summed E-state index contributed by atoms with van der Waals surface area (Å²) >= 11 is 0. The van der Waals surface area contributed by atoms with Gasteiger partial charge in [-0.25, -0.2) is 9.97 Å². The van der Waals surface area contributed by atoms with E-state index < -0.39 is 0 Å². The highest BCUT2D eigenvalue weighted by Crippen LogP contribution is 2.42. The summed E-state index contributed by atoms with van der Waals surface area (Å²) < 4.78 is 5.70. The quantitative estimate of drug-likeness (QED) is 0.882. The maximum absolute atomic E-state index is 12.9.